The summed E-state index contributed by atoms with van der Waals surface area (Å²) in [5.41, 5.74) is 6.89. The lowest BCUT2D eigenvalue weighted by Crippen LogP contribution is -2.70. The second-order valence-electron chi connectivity index (χ2n) is 17.6. The molecular formula is C55H62N2O8. The molecule has 1 aliphatic heterocycles. The standard InChI is InChI=1S/C55H62N2O8/c1-5-30-62-55-51(57(54(60)61-4)35-42-21-15-20-40-18-9-10-22-45(40)42)34-49(56-63-36-39-16-7-6-8-17-39)47-32-41(19-11-13-28-58)46(23-12-14-29-59)52(53(47)55)48-33-44(26-27-50(48)65-55)64-43-25-24-37(2)38(3)31-43/h5-10,15-18,20-22,24-27,31-33,41,46,51-53,58-59H,1,11-14,19,23,28-30,34-36H2,2-4H3. The summed E-state index contributed by atoms with van der Waals surface area (Å²) in [5.74, 6) is 0.0340. The Balaban J connectivity index is 1.34. The van der Waals surface area contributed by atoms with Crippen LogP contribution in [0.5, 0.6) is 17.2 Å². The first-order chi connectivity index (χ1) is 31.8. The number of allylic oxidation sites excluding steroid dienone is 1. The third-order valence-electron chi connectivity index (χ3n) is 13.6. The average Bonchev–Trinajstić information content (AvgIpc) is 3.33. The van der Waals surface area contributed by atoms with Gasteiger partial charge in [0, 0.05) is 31.1 Å². The zero-order chi connectivity index (χ0) is 45.3. The number of benzene rings is 5. The fourth-order valence-corrected chi connectivity index (χ4v) is 10.4. The summed E-state index contributed by atoms with van der Waals surface area (Å²) in [5, 5.41) is 27.1. The molecule has 6 unspecified atom stereocenters. The summed E-state index contributed by atoms with van der Waals surface area (Å²) in [7, 11) is 1.41. The number of hydrogen-bond donors (Lipinski definition) is 2. The molecular weight excluding hydrogens is 817 g/mol. The average molecular weight is 879 g/mol. The Morgan fingerprint density at radius 3 is 2.38 bits per heavy atom. The number of carbonyl (C=O) groups is 1. The number of carbonyl (C=O) groups excluding carboxylic acids is 1. The van der Waals surface area contributed by atoms with Gasteiger partial charge in [-0.2, -0.15) is 0 Å². The second kappa shape index (κ2) is 20.9. The smallest absolute Gasteiger partial charge is 0.410 e. The van der Waals surface area contributed by atoms with Crippen LogP contribution in [-0.2, 0) is 27.5 Å². The van der Waals surface area contributed by atoms with Crippen molar-refractivity contribution < 1.29 is 38.8 Å². The Hall–Kier alpha value is -5.94. The quantitative estimate of drug-likeness (QED) is 0.0478. The molecule has 1 heterocycles. The van der Waals surface area contributed by atoms with Crippen LogP contribution >= 0.6 is 0 Å². The largest absolute Gasteiger partial charge is 0.459 e. The van der Waals surface area contributed by atoms with Crippen LogP contribution in [0.2, 0.25) is 0 Å². The molecule has 0 spiro atoms. The van der Waals surface area contributed by atoms with Gasteiger partial charge in [0.25, 0.3) is 0 Å². The van der Waals surface area contributed by atoms with E-state index in [0.29, 0.717) is 30.1 Å². The molecule has 8 rings (SSSR count). The van der Waals surface area contributed by atoms with Gasteiger partial charge in [0.05, 0.1) is 31.9 Å². The van der Waals surface area contributed by atoms with Crippen LogP contribution < -0.4 is 9.47 Å². The fraction of sp³-hybridized carbons (Fsp3) is 0.382. The van der Waals surface area contributed by atoms with Crippen molar-refractivity contribution in [1.82, 2.24) is 4.90 Å². The van der Waals surface area contributed by atoms with Crippen LogP contribution in [0, 0.1) is 31.6 Å². The summed E-state index contributed by atoms with van der Waals surface area (Å²) in [6.07, 6.45) is 8.42. The maximum atomic E-state index is 14.6. The monoisotopic (exact) mass is 878 g/mol. The van der Waals surface area contributed by atoms with Crippen molar-refractivity contribution in [2.75, 3.05) is 26.9 Å². The molecule has 0 bridgehead atoms. The van der Waals surface area contributed by atoms with Gasteiger partial charge in [-0.25, -0.2) is 4.79 Å². The van der Waals surface area contributed by atoms with Crippen molar-refractivity contribution in [1.29, 1.82) is 0 Å². The number of fused-ring (bicyclic) bond motifs is 3. The topological polar surface area (TPSA) is 119 Å². The minimum Gasteiger partial charge on any atom is -0.459 e. The molecule has 5 aromatic carbocycles. The zero-order valence-corrected chi connectivity index (χ0v) is 37.9. The van der Waals surface area contributed by atoms with Crippen molar-refractivity contribution in [3.8, 4) is 17.2 Å². The maximum Gasteiger partial charge on any atom is 0.410 e. The molecule has 0 saturated heterocycles. The van der Waals surface area contributed by atoms with Gasteiger partial charge in [-0.3, -0.25) is 4.90 Å². The highest BCUT2D eigenvalue weighted by molar-refractivity contribution is 6.03. The number of aryl methyl sites for hydroxylation is 2. The van der Waals surface area contributed by atoms with Gasteiger partial charge in [0.2, 0.25) is 5.79 Å². The minimum atomic E-state index is -1.45. The summed E-state index contributed by atoms with van der Waals surface area (Å²) < 4.78 is 26.9. The van der Waals surface area contributed by atoms with Crippen LogP contribution in [-0.4, -0.2) is 65.7 Å². The number of hydrogen-bond acceptors (Lipinski definition) is 9. The minimum absolute atomic E-state index is 0.0510. The predicted molar refractivity (Wildman–Crippen MR) is 254 cm³/mol. The first kappa shape index (κ1) is 45.6. The van der Waals surface area contributed by atoms with E-state index in [1.54, 1.807) is 11.0 Å². The molecule has 1 amide bonds. The third-order valence-corrected chi connectivity index (χ3v) is 13.6. The molecule has 1 fully saturated rings. The van der Waals surface area contributed by atoms with Crippen molar-refractivity contribution in [2.24, 2.45) is 22.9 Å². The molecule has 2 N–H and O–H groups in total. The molecule has 1 saturated carbocycles. The molecule has 3 aliphatic rings. The molecule has 10 heteroatoms. The molecule has 6 atom stereocenters. The Labute approximate surface area is 383 Å². The Bertz CT molecular complexity index is 2500. The number of methoxy groups -OCH3 is 1. The van der Waals surface area contributed by atoms with E-state index < -0.39 is 23.8 Å². The number of unbranched alkanes of at least 4 members (excludes halogenated alkanes) is 2. The summed E-state index contributed by atoms with van der Waals surface area (Å²) in [4.78, 5) is 22.6. The number of nitrogens with zero attached hydrogens (tertiary/aromatic N) is 2. The van der Waals surface area contributed by atoms with E-state index in [9.17, 15) is 15.0 Å². The number of aliphatic hydroxyl groups excluding tert-OH is 2. The van der Waals surface area contributed by atoms with E-state index in [0.717, 1.165) is 70.0 Å². The van der Waals surface area contributed by atoms with Crippen LogP contribution in [0.15, 0.2) is 139 Å². The fourth-order valence-electron chi connectivity index (χ4n) is 10.4. The van der Waals surface area contributed by atoms with Crippen molar-refractivity contribution in [2.45, 2.75) is 89.7 Å². The van der Waals surface area contributed by atoms with E-state index >= 15 is 0 Å². The Morgan fingerprint density at radius 2 is 1.62 bits per heavy atom. The van der Waals surface area contributed by atoms with Gasteiger partial charge in [-0.15, -0.1) is 6.58 Å². The predicted octanol–water partition coefficient (Wildman–Crippen LogP) is 11.4. The van der Waals surface area contributed by atoms with Gasteiger partial charge >= 0.3 is 6.09 Å². The molecule has 340 valence electrons. The number of rotatable bonds is 19. The normalized spacial score (nSPS) is 22.6. The molecule has 2 aliphatic carbocycles. The molecule has 10 nitrogen and oxygen atoms in total. The lowest BCUT2D eigenvalue weighted by atomic mass is 9.55. The molecule has 5 aromatic rings. The molecule has 0 radical (unpaired) electrons. The van der Waals surface area contributed by atoms with Crippen LogP contribution in [0.1, 0.15) is 78.7 Å². The van der Waals surface area contributed by atoms with Crippen molar-refractivity contribution >= 4 is 22.6 Å². The number of aliphatic hydroxyl groups is 2. The molecule has 65 heavy (non-hydrogen) atoms. The van der Waals surface area contributed by atoms with E-state index in [2.05, 4.69) is 62.9 Å². The van der Waals surface area contributed by atoms with E-state index in [1.807, 2.05) is 72.8 Å². The van der Waals surface area contributed by atoms with E-state index in [4.69, 9.17) is 28.9 Å². The summed E-state index contributed by atoms with van der Waals surface area (Å²) >= 11 is 0. The van der Waals surface area contributed by atoms with Crippen LogP contribution in [0.4, 0.5) is 4.79 Å². The van der Waals surface area contributed by atoms with Gasteiger partial charge in [-0.05, 0) is 120 Å². The van der Waals surface area contributed by atoms with Crippen molar-refractivity contribution in [3.05, 3.63) is 161 Å². The third kappa shape index (κ3) is 9.71. The first-order valence-electron chi connectivity index (χ1n) is 23.1. The first-order valence-corrected chi connectivity index (χ1v) is 23.1. The SMILES string of the molecule is C=CCOC12Oc3ccc(Oc4ccc(C)c(C)c4)cc3C3C(CCCCO)C(CCCCO)C=C(C(=NOCc4ccccc4)CC1N(Cc1cccc4ccccc14)C(=O)OC)C32. The highest BCUT2D eigenvalue weighted by atomic mass is 16.7. The van der Waals surface area contributed by atoms with E-state index in [-0.39, 0.29) is 57.1 Å². The Kier molecular flexibility index (Phi) is 14.7. The van der Waals surface area contributed by atoms with Crippen molar-refractivity contribution in [3.63, 3.8) is 0 Å². The maximum absolute atomic E-state index is 14.6. The van der Waals surface area contributed by atoms with Gasteiger partial charge in [0.15, 0.2) is 0 Å². The Morgan fingerprint density at radius 1 is 0.877 bits per heavy atom. The number of oxime groups is 1. The lowest BCUT2D eigenvalue weighted by molar-refractivity contribution is -0.256. The summed E-state index contributed by atoms with van der Waals surface area (Å²) in [6, 6.07) is 35.6. The van der Waals surface area contributed by atoms with Gasteiger partial charge in [-0.1, -0.05) is 109 Å². The number of amides is 1. The second-order valence-corrected chi connectivity index (χ2v) is 17.6. The molecule has 0 aromatic heterocycles. The van der Waals surface area contributed by atoms with Crippen LogP contribution in [0.3, 0.4) is 0 Å². The number of ether oxygens (including phenoxy) is 4. The highest BCUT2D eigenvalue weighted by Crippen LogP contribution is 2.62. The highest BCUT2D eigenvalue weighted by Gasteiger charge is 2.65. The van der Waals surface area contributed by atoms with Gasteiger partial charge in [0.1, 0.15) is 29.9 Å². The van der Waals surface area contributed by atoms with Gasteiger partial charge < -0.3 is 34.0 Å². The summed E-state index contributed by atoms with van der Waals surface area (Å²) in [6.45, 7) is 9.06. The lowest BCUT2D eigenvalue weighted by Gasteiger charge is -2.59. The zero-order valence-electron chi connectivity index (χ0n) is 37.9. The van der Waals surface area contributed by atoms with Crippen LogP contribution in [0.25, 0.3) is 10.8 Å². The van der Waals surface area contributed by atoms with E-state index in [1.165, 1.54) is 12.7 Å².